The fraction of sp³-hybridized carbons (Fsp3) is 0.111. The molecule has 2 heterocycles. The third kappa shape index (κ3) is 3.15. The van der Waals surface area contributed by atoms with E-state index in [9.17, 15) is 18.0 Å². The molecule has 10 heteroatoms. The normalized spacial score (nSPS) is 11.9. The Kier molecular flexibility index (Phi) is 4.42. The van der Waals surface area contributed by atoms with Gasteiger partial charge in [0, 0.05) is 4.90 Å². The number of carbonyl (C=O) groups is 1. The van der Waals surface area contributed by atoms with Crippen molar-refractivity contribution in [3.05, 3.63) is 59.9 Å². The van der Waals surface area contributed by atoms with Crippen LogP contribution in [0, 0.1) is 0 Å². The van der Waals surface area contributed by atoms with Gasteiger partial charge in [0.1, 0.15) is 5.03 Å². The Bertz CT molecular complexity index is 1190. The number of carbonyl (C=O) groups excluding carboxylic acids is 1. The van der Waals surface area contributed by atoms with Crippen LogP contribution in [-0.4, -0.2) is 32.7 Å². The van der Waals surface area contributed by atoms with Crippen molar-refractivity contribution in [3.63, 3.8) is 0 Å². The van der Waals surface area contributed by atoms with Crippen molar-refractivity contribution in [2.45, 2.75) is 16.1 Å². The van der Waals surface area contributed by atoms with E-state index in [2.05, 4.69) is 19.9 Å². The molecule has 2 aromatic carbocycles. The lowest BCUT2D eigenvalue weighted by molar-refractivity contribution is -0.145. The van der Waals surface area contributed by atoms with E-state index < -0.39 is 18.0 Å². The third-order valence-corrected chi connectivity index (χ3v) is 4.92. The summed E-state index contributed by atoms with van der Waals surface area (Å²) in [7, 11) is 1.28. The SMILES string of the molecule is COC(=O)c1ccc(Sc2nc3ccccc3n3c(C(F)(F)F)nnc23)cc1. The van der Waals surface area contributed by atoms with Crippen LogP contribution in [0.1, 0.15) is 16.2 Å². The zero-order valence-electron chi connectivity index (χ0n) is 14.3. The molecule has 28 heavy (non-hydrogen) atoms. The number of rotatable bonds is 3. The highest BCUT2D eigenvalue weighted by atomic mass is 32.2. The van der Waals surface area contributed by atoms with Gasteiger partial charge in [-0.25, -0.2) is 9.78 Å². The molecule has 0 aliphatic heterocycles. The van der Waals surface area contributed by atoms with Crippen molar-refractivity contribution < 1.29 is 22.7 Å². The highest BCUT2D eigenvalue weighted by Gasteiger charge is 2.38. The van der Waals surface area contributed by atoms with Crippen LogP contribution in [0.3, 0.4) is 0 Å². The van der Waals surface area contributed by atoms with Crippen molar-refractivity contribution in [1.82, 2.24) is 19.6 Å². The Balaban J connectivity index is 1.85. The maximum atomic E-state index is 13.4. The van der Waals surface area contributed by atoms with Gasteiger partial charge in [0.05, 0.1) is 23.7 Å². The summed E-state index contributed by atoms with van der Waals surface area (Å²) >= 11 is 1.13. The summed E-state index contributed by atoms with van der Waals surface area (Å²) in [6.07, 6.45) is -4.66. The van der Waals surface area contributed by atoms with Gasteiger partial charge in [0.25, 0.3) is 0 Å². The summed E-state index contributed by atoms with van der Waals surface area (Å²) in [6, 6.07) is 12.9. The van der Waals surface area contributed by atoms with Gasteiger partial charge in [-0.15, -0.1) is 10.2 Å². The molecule has 0 saturated heterocycles. The number of alkyl halides is 3. The van der Waals surface area contributed by atoms with Crippen LogP contribution in [0.25, 0.3) is 16.7 Å². The number of aromatic nitrogens is 4. The van der Waals surface area contributed by atoms with Crippen LogP contribution in [-0.2, 0) is 10.9 Å². The van der Waals surface area contributed by atoms with Gasteiger partial charge < -0.3 is 4.74 Å². The second-order valence-corrected chi connectivity index (χ2v) is 6.77. The summed E-state index contributed by atoms with van der Waals surface area (Å²) in [5, 5.41) is 7.34. The molecule has 4 aromatic rings. The molecule has 0 fully saturated rings. The number of fused-ring (bicyclic) bond motifs is 3. The lowest BCUT2D eigenvalue weighted by Gasteiger charge is -2.09. The van der Waals surface area contributed by atoms with Gasteiger partial charge in [-0.3, -0.25) is 4.40 Å². The largest absolute Gasteiger partial charge is 0.465 e. The molecule has 0 aliphatic carbocycles. The van der Waals surface area contributed by atoms with E-state index in [1.807, 2.05) is 0 Å². The second-order valence-electron chi connectivity index (χ2n) is 5.70. The van der Waals surface area contributed by atoms with Crippen LogP contribution in [0.15, 0.2) is 58.5 Å². The summed E-state index contributed by atoms with van der Waals surface area (Å²) in [6.45, 7) is 0. The van der Waals surface area contributed by atoms with Crippen molar-refractivity contribution >= 4 is 34.4 Å². The zero-order chi connectivity index (χ0) is 19.9. The molecule has 142 valence electrons. The van der Waals surface area contributed by atoms with Crippen molar-refractivity contribution in [2.24, 2.45) is 0 Å². The van der Waals surface area contributed by atoms with Gasteiger partial charge >= 0.3 is 12.1 Å². The number of methoxy groups -OCH3 is 1. The van der Waals surface area contributed by atoms with Crippen LogP contribution in [0.5, 0.6) is 0 Å². The molecule has 4 rings (SSSR count). The highest BCUT2D eigenvalue weighted by Crippen LogP contribution is 2.35. The van der Waals surface area contributed by atoms with Crippen LogP contribution < -0.4 is 0 Å². The third-order valence-electron chi connectivity index (χ3n) is 3.94. The average molecular weight is 404 g/mol. The Morgan fingerprint density at radius 1 is 1.07 bits per heavy atom. The van der Waals surface area contributed by atoms with E-state index in [1.165, 1.54) is 13.2 Å². The number of hydrogen-bond donors (Lipinski definition) is 0. The first kappa shape index (κ1) is 18.2. The Hall–Kier alpha value is -3.14. The molecule has 0 amide bonds. The van der Waals surface area contributed by atoms with Crippen molar-refractivity contribution in [2.75, 3.05) is 7.11 Å². The maximum absolute atomic E-state index is 13.4. The number of benzene rings is 2. The summed E-state index contributed by atoms with van der Waals surface area (Å²) < 4.78 is 45.8. The predicted octanol–water partition coefficient (Wildman–Crippen LogP) is 4.23. The Labute approximate surface area is 160 Å². The maximum Gasteiger partial charge on any atom is 0.452 e. The minimum atomic E-state index is -4.66. The topological polar surface area (TPSA) is 69.4 Å². The zero-order valence-corrected chi connectivity index (χ0v) is 15.1. The number of esters is 1. The molecule has 0 unspecified atom stereocenters. The highest BCUT2D eigenvalue weighted by molar-refractivity contribution is 7.99. The van der Waals surface area contributed by atoms with Gasteiger partial charge in [0.2, 0.25) is 5.82 Å². The van der Waals surface area contributed by atoms with Gasteiger partial charge in [0.15, 0.2) is 5.65 Å². The summed E-state index contributed by atoms with van der Waals surface area (Å²) in [5.41, 5.74) is 1.02. The lowest BCUT2D eigenvalue weighted by atomic mass is 10.2. The molecule has 0 spiro atoms. The molecule has 2 aromatic heterocycles. The van der Waals surface area contributed by atoms with E-state index in [0.717, 1.165) is 16.2 Å². The summed E-state index contributed by atoms with van der Waals surface area (Å²) in [5.74, 6) is -1.58. The average Bonchev–Trinajstić information content (AvgIpc) is 3.14. The molecule has 0 N–H and O–H groups in total. The second kappa shape index (κ2) is 6.79. The monoisotopic (exact) mass is 404 g/mol. The van der Waals surface area contributed by atoms with E-state index >= 15 is 0 Å². The molecule has 0 saturated carbocycles. The quantitative estimate of drug-likeness (QED) is 0.476. The molecular formula is C18H11F3N4O2S. The summed E-state index contributed by atoms with van der Waals surface area (Å²) in [4.78, 5) is 16.7. The first-order valence-electron chi connectivity index (χ1n) is 7.96. The fourth-order valence-corrected chi connectivity index (χ4v) is 3.56. The standard InChI is InChI=1S/C18H11F3N4O2S/c1-27-16(26)10-6-8-11(9-7-10)28-15-14-23-24-17(18(19,20)21)25(14)13-5-3-2-4-12(13)22-15/h2-9H,1H3. The molecule has 0 atom stereocenters. The van der Waals surface area contributed by atoms with E-state index in [0.29, 0.717) is 16.0 Å². The molecule has 0 aliphatic rings. The molecule has 6 nitrogen and oxygen atoms in total. The van der Waals surface area contributed by atoms with Gasteiger partial charge in [-0.2, -0.15) is 13.2 Å². The first-order valence-corrected chi connectivity index (χ1v) is 8.77. The van der Waals surface area contributed by atoms with Crippen LogP contribution >= 0.6 is 11.8 Å². The van der Waals surface area contributed by atoms with Crippen molar-refractivity contribution in [3.8, 4) is 0 Å². The number of para-hydroxylation sites is 2. The van der Waals surface area contributed by atoms with E-state index in [-0.39, 0.29) is 16.2 Å². The molecular weight excluding hydrogens is 393 g/mol. The van der Waals surface area contributed by atoms with Gasteiger partial charge in [-0.05, 0) is 36.4 Å². The minimum absolute atomic E-state index is 0.00747. The Morgan fingerprint density at radius 3 is 2.46 bits per heavy atom. The molecule has 0 radical (unpaired) electrons. The molecule has 0 bridgehead atoms. The van der Waals surface area contributed by atoms with E-state index in [4.69, 9.17) is 0 Å². The fourth-order valence-electron chi connectivity index (χ4n) is 2.70. The smallest absolute Gasteiger partial charge is 0.452 e. The predicted molar refractivity (Wildman–Crippen MR) is 95.2 cm³/mol. The van der Waals surface area contributed by atoms with Gasteiger partial charge in [-0.1, -0.05) is 23.9 Å². The van der Waals surface area contributed by atoms with Crippen LogP contribution in [0.2, 0.25) is 0 Å². The number of hydrogen-bond acceptors (Lipinski definition) is 6. The van der Waals surface area contributed by atoms with Crippen molar-refractivity contribution in [1.29, 1.82) is 0 Å². The Morgan fingerprint density at radius 2 is 1.79 bits per heavy atom. The minimum Gasteiger partial charge on any atom is -0.465 e. The van der Waals surface area contributed by atoms with Crippen LogP contribution in [0.4, 0.5) is 13.2 Å². The first-order chi connectivity index (χ1) is 13.4. The number of ether oxygens (including phenoxy) is 1. The number of nitrogens with zero attached hydrogens (tertiary/aromatic N) is 4. The lowest BCUT2D eigenvalue weighted by Crippen LogP contribution is -2.11. The number of halogens is 3. The van der Waals surface area contributed by atoms with E-state index in [1.54, 1.807) is 42.5 Å².